The molecule has 4 aromatic rings. The van der Waals surface area contributed by atoms with Gasteiger partial charge in [0.25, 0.3) is 0 Å². The van der Waals surface area contributed by atoms with Crippen molar-refractivity contribution in [3.8, 4) is 16.9 Å². The molecule has 1 N–H and O–H groups in total. The number of nitrogens with zero attached hydrogens (tertiary/aromatic N) is 3. The van der Waals surface area contributed by atoms with Crippen LogP contribution in [0, 0.1) is 13.8 Å². The van der Waals surface area contributed by atoms with Crippen molar-refractivity contribution in [2.45, 2.75) is 25.3 Å². The number of rotatable bonds is 6. The van der Waals surface area contributed by atoms with Crippen molar-refractivity contribution in [2.24, 2.45) is 0 Å². The maximum absolute atomic E-state index is 13.1. The van der Waals surface area contributed by atoms with Crippen molar-refractivity contribution in [1.82, 2.24) is 19.3 Å². The van der Waals surface area contributed by atoms with Crippen LogP contribution in [-0.2, 0) is 16.6 Å². The van der Waals surface area contributed by atoms with Crippen molar-refractivity contribution >= 4 is 27.3 Å². The molecular formula is C22H21ClN4O3S. The van der Waals surface area contributed by atoms with E-state index in [1.54, 1.807) is 53.2 Å². The Morgan fingerprint density at radius 1 is 1.13 bits per heavy atom. The minimum Gasteiger partial charge on any atom is -0.495 e. The molecule has 0 fully saturated rings. The fourth-order valence-corrected chi connectivity index (χ4v) is 4.85. The lowest BCUT2D eigenvalue weighted by molar-refractivity contribution is 0.402. The number of sulfonamides is 1. The average molecular weight is 457 g/mol. The Bertz CT molecular complexity index is 1380. The second kappa shape index (κ2) is 8.30. The molecule has 160 valence electrons. The number of nitrogens with one attached hydrogen (secondary N) is 1. The number of aryl methyl sites for hydroxylation is 2. The molecule has 2 aromatic carbocycles. The van der Waals surface area contributed by atoms with Gasteiger partial charge in [0.05, 0.1) is 13.3 Å². The molecule has 2 heterocycles. The number of halogens is 1. The van der Waals surface area contributed by atoms with Gasteiger partial charge in [-0.2, -0.15) is 5.10 Å². The van der Waals surface area contributed by atoms with Crippen molar-refractivity contribution in [3.05, 3.63) is 76.7 Å². The van der Waals surface area contributed by atoms with Crippen molar-refractivity contribution < 1.29 is 13.2 Å². The van der Waals surface area contributed by atoms with E-state index in [-0.39, 0.29) is 17.2 Å². The molecule has 9 heteroatoms. The first kappa shape index (κ1) is 21.3. The second-order valence-electron chi connectivity index (χ2n) is 7.15. The van der Waals surface area contributed by atoms with Gasteiger partial charge in [-0.1, -0.05) is 29.8 Å². The van der Waals surface area contributed by atoms with E-state index in [9.17, 15) is 8.42 Å². The highest BCUT2D eigenvalue weighted by Crippen LogP contribution is 2.32. The van der Waals surface area contributed by atoms with E-state index >= 15 is 0 Å². The molecule has 31 heavy (non-hydrogen) atoms. The first-order chi connectivity index (χ1) is 14.8. The summed E-state index contributed by atoms with van der Waals surface area (Å²) in [6, 6.07) is 14.0. The van der Waals surface area contributed by atoms with E-state index in [1.807, 2.05) is 19.9 Å². The Labute approximate surface area is 185 Å². The van der Waals surface area contributed by atoms with Gasteiger partial charge in [-0.15, -0.1) is 0 Å². The highest BCUT2D eigenvalue weighted by atomic mass is 35.5. The molecule has 0 aliphatic rings. The summed E-state index contributed by atoms with van der Waals surface area (Å²) in [7, 11) is -2.42. The minimum absolute atomic E-state index is 0.0400. The Morgan fingerprint density at radius 3 is 2.68 bits per heavy atom. The maximum Gasteiger partial charge on any atom is 0.244 e. The van der Waals surface area contributed by atoms with E-state index in [4.69, 9.17) is 16.3 Å². The standard InChI is InChI=1S/C22H21ClN4O3S/c1-14-9-15(2)27-22(26-14)19(13-24-27)17-7-8-20(30-3)21(11-17)31(28,29)25-12-16-5-4-6-18(23)10-16/h4-11,13,25H,12H2,1-3H3. The topological polar surface area (TPSA) is 85.6 Å². The van der Waals surface area contributed by atoms with Crippen LogP contribution in [0.15, 0.2) is 59.6 Å². The van der Waals surface area contributed by atoms with Gasteiger partial charge in [-0.3, -0.25) is 0 Å². The molecule has 7 nitrogen and oxygen atoms in total. The molecule has 0 aliphatic carbocycles. The van der Waals surface area contributed by atoms with Crippen LogP contribution in [0.3, 0.4) is 0 Å². The highest BCUT2D eigenvalue weighted by Gasteiger charge is 2.22. The number of fused-ring (bicyclic) bond motifs is 1. The molecule has 0 saturated carbocycles. The number of benzene rings is 2. The van der Waals surface area contributed by atoms with E-state index < -0.39 is 10.0 Å². The molecule has 0 unspecified atom stereocenters. The third-order valence-electron chi connectivity index (χ3n) is 4.90. The molecule has 4 rings (SSSR count). The summed E-state index contributed by atoms with van der Waals surface area (Å²) in [5.41, 5.74) is 4.63. The third-order valence-corrected chi connectivity index (χ3v) is 6.55. The van der Waals surface area contributed by atoms with Crippen LogP contribution in [0.5, 0.6) is 5.75 Å². The Balaban J connectivity index is 1.74. The first-order valence-electron chi connectivity index (χ1n) is 9.53. The molecule has 2 aromatic heterocycles. The molecule has 0 atom stereocenters. The highest BCUT2D eigenvalue weighted by molar-refractivity contribution is 7.89. The Morgan fingerprint density at radius 2 is 1.94 bits per heavy atom. The minimum atomic E-state index is -3.86. The van der Waals surface area contributed by atoms with Crippen molar-refractivity contribution in [3.63, 3.8) is 0 Å². The number of aromatic nitrogens is 3. The van der Waals surface area contributed by atoms with Gasteiger partial charge in [-0.25, -0.2) is 22.6 Å². The van der Waals surface area contributed by atoms with Crippen LogP contribution in [0.4, 0.5) is 0 Å². The zero-order valence-corrected chi connectivity index (χ0v) is 18.8. The Hall–Kier alpha value is -2.94. The predicted octanol–water partition coefficient (Wildman–Crippen LogP) is 4.15. The summed E-state index contributed by atoms with van der Waals surface area (Å²) < 4.78 is 35.9. The van der Waals surface area contributed by atoms with Crippen LogP contribution < -0.4 is 9.46 Å². The van der Waals surface area contributed by atoms with E-state index in [2.05, 4.69) is 14.8 Å². The SMILES string of the molecule is COc1ccc(-c2cnn3c(C)cc(C)nc23)cc1S(=O)(=O)NCc1cccc(Cl)c1. The van der Waals surface area contributed by atoms with Gasteiger partial charge < -0.3 is 4.74 Å². The quantitative estimate of drug-likeness (QED) is 0.471. The largest absolute Gasteiger partial charge is 0.495 e. The average Bonchev–Trinajstić information content (AvgIpc) is 3.16. The fourth-order valence-electron chi connectivity index (χ4n) is 3.43. The lowest BCUT2D eigenvalue weighted by atomic mass is 10.1. The second-order valence-corrected chi connectivity index (χ2v) is 9.32. The van der Waals surface area contributed by atoms with E-state index in [1.165, 1.54) is 7.11 Å². The summed E-state index contributed by atoms with van der Waals surface area (Å²) in [6.45, 7) is 3.96. The van der Waals surface area contributed by atoms with Gasteiger partial charge in [0.1, 0.15) is 10.6 Å². The Kier molecular flexibility index (Phi) is 5.70. The van der Waals surface area contributed by atoms with Crippen LogP contribution in [0.1, 0.15) is 17.0 Å². The summed E-state index contributed by atoms with van der Waals surface area (Å²) in [5, 5.41) is 4.94. The van der Waals surface area contributed by atoms with Gasteiger partial charge >= 0.3 is 0 Å². The zero-order valence-electron chi connectivity index (χ0n) is 17.3. The van der Waals surface area contributed by atoms with Gasteiger partial charge in [-0.05, 0) is 55.3 Å². The lowest BCUT2D eigenvalue weighted by Crippen LogP contribution is -2.23. The molecule has 0 bridgehead atoms. The van der Waals surface area contributed by atoms with Crippen LogP contribution in [0.25, 0.3) is 16.8 Å². The molecule has 0 aliphatic heterocycles. The summed E-state index contributed by atoms with van der Waals surface area (Å²) in [6.07, 6.45) is 1.69. The van der Waals surface area contributed by atoms with Crippen molar-refractivity contribution in [2.75, 3.05) is 7.11 Å². The molecular weight excluding hydrogens is 436 g/mol. The number of ether oxygens (including phenoxy) is 1. The van der Waals surface area contributed by atoms with E-state index in [0.29, 0.717) is 16.2 Å². The predicted molar refractivity (Wildman–Crippen MR) is 120 cm³/mol. The van der Waals surface area contributed by atoms with E-state index in [0.717, 1.165) is 22.5 Å². The van der Waals surface area contributed by atoms with Gasteiger partial charge in [0.15, 0.2) is 5.65 Å². The number of methoxy groups -OCH3 is 1. The number of hydrogen-bond acceptors (Lipinski definition) is 5. The van der Waals surface area contributed by atoms with Crippen LogP contribution >= 0.6 is 11.6 Å². The number of hydrogen-bond donors (Lipinski definition) is 1. The summed E-state index contributed by atoms with van der Waals surface area (Å²) in [5.74, 6) is 0.249. The van der Waals surface area contributed by atoms with Crippen LogP contribution in [-0.4, -0.2) is 30.1 Å². The zero-order chi connectivity index (χ0) is 22.2. The summed E-state index contributed by atoms with van der Waals surface area (Å²) >= 11 is 6.00. The molecule has 0 radical (unpaired) electrons. The fraction of sp³-hybridized carbons (Fsp3) is 0.182. The lowest BCUT2D eigenvalue weighted by Gasteiger charge is -2.12. The van der Waals surface area contributed by atoms with Crippen LogP contribution in [0.2, 0.25) is 5.02 Å². The summed E-state index contributed by atoms with van der Waals surface area (Å²) in [4.78, 5) is 4.62. The smallest absolute Gasteiger partial charge is 0.244 e. The molecule has 0 amide bonds. The van der Waals surface area contributed by atoms with Gasteiger partial charge in [0, 0.05) is 28.5 Å². The molecule has 0 saturated heterocycles. The third kappa shape index (κ3) is 4.27. The normalized spacial score (nSPS) is 11.7. The van der Waals surface area contributed by atoms with Crippen molar-refractivity contribution in [1.29, 1.82) is 0 Å². The first-order valence-corrected chi connectivity index (χ1v) is 11.4. The maximum atomic E-state index is 13.1. The molecule has 0 spiro atoms. The monoisotopic (exact) mass is 456 g/mol. The van der Waals surface area contributed by atoms with Gasteiger partial charge in [0.2, 0.25) is 10.0 Å².